The van der Waals surface area contributed by atoms with Crippen LogP contribution in [0.2, 0.25) is 5.02 Å². The van der Waals surface area contributed by atoms with E-state index in [0.717, 1.165) is 24.4 Å². The lowest BCUT2D eigenvalue weighted by Gasteiger charge is -2.38. The number of methoxy groups -OCH3 is 1. The molecule has 0 aliphatic carbocycles. The fourth-order valence-corrected chi connectivity index (χ4v) is 4.26. The molecule has 1 aliphatic heterocycles. The van der Waals surface area contributed by atoms with Crippen LogP contribution in [0.1, 0.15) is 41.1 Å². The summed E-state index contributed by atoms with van der Waals surface area (Å²) in [7, 11) is 1.67. The van der Waals surface area contributed by atoms with E-state index in [0.29, 0.717) is 17.9 Å². The van der Waals surface area contributed by atoms with Crippen LogP contribution in [0, 0.1) is 19.8 Å². The highest BCUT2D eigenvalue weighted by molar-refractivity contribution is 6.30. The van der Waals surface area contributed by atoms with Crippen LogP contribution in [0.5, 0.6) is 5.75 Å². The Labute approximate surface area is 165 Å². The highest BCUT2D eigenvalue weighted by atomic mass is 35.5. The first-order valence-electron chi connectivity index (χ1n) is 9.27. The molecule has 0 saturated carbocycles. The van der Waals surface area contributed by atoms with Gasteiger partial charge in [-0.1, -0.05) is 40.9 Å². The van der Waals surface area contributed by atoms with E-state index in [1.165, 1.54) is 16.7 Å². The molecule has 1 fully saturated rings. The second kappa shape index (κ2) is 8.32. The molecule has 2 aromatic carbocycles. The Morgan fingerprint density at radius 1 is 1.15 bits per heavy atom. The number of carboxylic acids is 1. The van der Waals surface area contributed by atoms with Crippen LogP contribution in [-0.2, 0) is 4.79 Å². The number of hydrogen-bond donors (Lipinski definition) is 1. The van der Waals surface area contributed by atoms with Crippen molar-refractivity contribution in [2.24, 2.45) is 5.92 Å². The Balaban J connectivity index is 2.05. The van der Waals surface area contributed by atoms with Crippen LogP contribution < -0.4 is 4.74 Å². The standard InChI is InChI=1S/C22H26ClNO3/c1-14-10-15(2)12-17(11-14)21(19-13-18(23)4-5-20(19)27-3)24-8-6-16(7-9-24)22(25)26/h4-5,10-13,16,21H,6-9H2,1-3H3,(H,25,26). The van der Waals surface area contributed by atoms with E-state index in [-0.39, 0.29) is 12.0 Å². The van der Waals surface area contributed by atoms with Crippen molar-refractivity contribution in [3.05, 3.63) is 63.7 Å². The van der Waals surface area contributed by atoms with Gasteiger partial charge in [-0.3, -0.25) is 9.69 Å². The molecular weight excluding hydrogens is 362 g/mol. The van der Waals surface area contributed by atoms with Gasteiger partial charge in [0, 0.05) is 10.6 Å². The van der Waals surface area contributed by atoms with Gasteiger partial charge in [0.1, 0.15) is 5.75 Å². The maximum Gasteiger partial charge on any atom is 0.306 e. The number of nitrogens with zero attached hydrogens (tertiary/aromatic N) is 1. The predicted octanol–water partition coefficient (Wildman–Crippen LogP) is 4.85. The summed E-state index contributed by atoms with van der Waals surface area (Å²) in [5, 5.41) is 10.00. The van der Waals surface area contributed by atoms with Crippen LogP contribution in [-0.4, -0.2) is 36.2 Å². The van der Waals surface area contributed by atoms with Gasteiger partial charge in [0.25, 0.3) is 0 Å². The van der Waals surface area contributed by atoms with Crippen molar-refractivity contribution in [3.8, 4) is 5.75 Å². The van der Waals surface area contributed by atoms with Gasteiger partial charge in [-0.2, -0.15) is 0 Å². The van der Waals surface area contributed by atoms with E-state index < -0.39 is 5.97 Å². The van der Waals surface area contributed by atoms with E-state index in [4.69, 9.17) is 16.3 Å². The molecule has 2 aromatic rings. The van der Waals surface area contributed by atoms with Crippen molar-refractivity contribution in [1.82, 2.24) is 4.90 Å². The molecule has 5 heteroatoms. The molecular formula is C22H26ClNO3. The molecule has 1 saturated heterocycles. The molecule has 0 radical (unpaired) electrons. The SMILES string of the molecule is COc1ccc(Cl)cc1C(c1cc(C)cc(C)c1)N1CCC(C(=O)O)CC1. The summed E-state index contributed by atoms with van der Waals surface area (Å²) >= 11 is 6.32. The molecule has 0 spiro atoms. The summed E-state index contributed by atoms with van der Waals surface area (Å²) in [6, 6.07) is 12.2. The number of aliphatic carboxylic acids is 1. The zero-order valence-electron chi connectivity index (χ0n) is 16.0. The summed E-state index contributed by atoms with van der Waals surface area (Å²) < 4.78 is 5.63. The van der Waals surface area contributed by atoms with Gasteiger partial charge in [0.15, 0.2) is 0 Å². The van der Waals surface area contributed by atoms with Gasteiger partial charge in [-0.25, -0.2) is 0 Å². The highest BCUT2D eigenvalue weighted by Crippen LogP contribution is 2.39. The zero-order valence-corrected chi connectivity index (χ0v) is 16.8. The van der Waals surface area contributed by atoms with E-state index in [9.17, 15) is 9.90 Å². The zero-order chi connectivity index (χ0) is 19.6. The summed E-state index contributed by atoms with van der Waals surface area (Å²) in [6.07, 6.45) is 1.30. The number of piperidine rings is 1. The Kier molecular flexibility index (Phi) is 6.08. The third kappa shape index (κ3) is 4.45. The lowest BCUT2D eigenvalue weighted by Crippen LogP contribution is -2.39. The summed E-state index contributed by atoms with van der Waals surface area (Å²) in [5.41, 5.74) is 4.61. The van der Waals surface area contributed by atoms with Gasteiger partial charge >= 0.3 is 5.97 Å². The average Bonchev–Trinajstić information content (AvgIpc) is 2.62. The minimum atomic E-state index is -0.696. The quantitative estimate of drug-likeness (QED) is 0.796. The molecule has 27 heavy (non-hydrogen) atoms. The maximum absolute atomic E-state index is 11.3. The molecule has 0 amide bonds. The molecule has 144 valence electrons. The van der Waals surface area contributed by atoms with Crippen molar-refractivity contribution in [3.63, 3.8) is 0 Å². The number of hydrogen-bond acceptors (Lipinski definition) is 3. The van der Waals surface area contributed by atoms with Gasteiger partial charge in [-0.15, -0.1) is 0 Å². The molecule has 1 unspecified atom stereocenters. The predicted molar refractivity (Wildman–Crippen MR) is 108 cm³/mol. The topological polar surface area (TPSA) is 49.8 Å². The normalized spacial score (nSPS) is 16.9. The summed E-state index contributed by atoms with van der Waals surface area (Å²) in [6.45, 7) is 5.65. The van der Waals surface area contributed by atoms with E-state index in [1.807, 2.05) is 18.2 Å². The number of ether oxygens (including phenoxy) is 1. The second-order valence-electron chi connectivity index (χ2n) is 7.36. The summed E-state index contributed by atoms with van der Waals surface area (Å²) in [4.78, 5) is 13.7. The van der Waals surface area contributed by atoms with Gasteiger partial charge in [0.05, 0.1) is 19.1 Å². The number of benzene rings is 2. The Hall–Kier alpha value is -2.04. The molecule has 1 atom stereocenters. The van der Waals surface area contributed by atoms with Gasteiger partial charge < -0.3 is 9.84 Å². The Bertz CT molecular complexity index is 808. The number of likely N-dealkylation sites (tertiary alicyclic amines) is 1. The van der Waals surface area contributed by atoms with Crippen LogP contribution in [0.25, 0.3) is 0 Å². The lowest BCUT2D eigenvalue weighted by atomic mass is 9.89. The minimum Gasteiger partial charge on any atom is -0.496 e. The van der Waals surface area contributed by atoms with Crippen LogP contribution >= 0.6 is 11.6 Å². The number of rotatable bonds is 5. The molecule has 3 rings (SSSR count). The van der Waals surface area contributed by atoms with E-state index in [1.54, 1.807) is 7.11 Å². The number of carbonyl (C=O) groups is 1. The van der Waals surface area contributed by atoms with E-state index in [2.05, 4.69) is 36.9 Å². The minimum absolute atomic E-state index is 0.0213. The van der Waals surface area contributed by atoms with Gasteiger partial charge in [0.2, 0.25) is 0 Å². The average molecular weight is 388 g/mol. The first kappa shape index (κ1) is 19.7. The fourth-order valence-electron chi connectivity index (χ4n) is 4.08. The Morgan fingerprint density at radius 2 is 1.78 bits per heavy atom. The maximum atomic E-state index is 11.3. The molecule has 1 aliphatic rings. The van der Waals surface area contributed by atoms with Gasteiger partial charge in [-0.05, 0) is 63.5 Å². The molecule has 1 heterocycles. The number of aryl methyl sites for hydroxylation is 2. The lowest BCUT2D eigenvalue weighted by molar-refractivity contribution is -0.143. The first-order chi connectivity index (χ1) is 12.9. The van der Waals surface area contributed by atoms with Crippen LogP contribution in [0.3, 0.4) is 0 Å². The number of halogens is 1. The molecule has 1 N–H and O–H groups in total. The fraction of sp³-hybridized carbons (Fsp3) is 0.409. The third-order valence-corrected chi connectivity index (χ3v) is 5.53. The van der Waals surface area contributed by atoms with Crippen molar-refractivity contribution >= 4 is 17.6 Å². The molecule has 0 bridgehead atoms. The Morgan fingerprint density at radius 3 is 2.33 bits per heavy atom. The molecule has 4 nitrogen and oxygen atoms in total. The first-order valence-corrected chi connectivity index (χ1v) is 9.65. The number of carboxylic acid groups (broad SMARTS) is 1. The molecule has 0 aromatic heterocycles. The largest absolute Gasteiger partial charge is 0.496 e. The third-order valence-electron chi connectivity index (χ3n) is 5.29. The van der Waals surface area contributed by atoms with E-state index >= 15 is 0 Å². The monoisotopic (exact) mass is 387 g/mol. The van der Waals surface area contributed by atoms with Crippen molar-refractivity contribution < 1.29 is 14.6 Å². The second-order valence-corrected chi connectivity index (χ2v) is 7.79. The van der Waals surface area contributed by atoms with Crippen LogP contribution in [0.15, 0.2) is 36.4 Å². The van der Waals surface area contributed by atoms with Crippen molar-refractivity contribution in [2.45, 2.75) is 32.7 Å². The summed E-state index contributed by atoms with van der Waals surface area (Å²) in [5.74, 6) is -0.163. The van der Waals surface area contributed by atoms with Crippen molar-refractivity contribution in [2.75, 3.05) is 20.2 Å². The van der Waals surface area contributed by atoms with Crippen molar-refractivity contribution in [1.29, 1.82) is 0 Å². The highest BCUT2D eigenvalue weighted by Gasteiger charge is 2.31. The van der Waals surface area contributed by atoms with Crippen LogP contribution in [0.4, 0.5) is 0 Å². The smallest absolute Gasteiger partial charge is 0.306 e.